The van der Waals surface area contributed by atoms with Crippen molar-refractivity contribution in [1.29, 1.82) is 0 Å². The van der Waals surface area contributed by atoms with Gasteiger partial charge in [-0.05, 0) is 0 Å². The van der Waals surface area contributed by atoms with Crippen LogP contribution >= 0.6 is 0 Å². The van der Waals surface area contributed by atoms with Crippen LogP contribution in [0.1, 0.15) is 7.43 Å². The molecule has 0 unspecified atom stereocenters. The Morgan fingerprint density at radius 1 is 0.429 bits per heavy atom. The zero-order chi connectivity index (χ0) is 0. The Morgan fingerprint density at radius 3 is 0.429 bits per heavy atom. The largest absolute Gasteiger partial charge is 0.358 e. The number of rotatable bonds is 0. The Morgan fingerprint density at radius 2 is 0.429 bits per heavy atom. The molecule has 0 aliphatic carbocycles. The van der Waals surface area contributed by atoms with Crippen LogP contribution in [0.2, 0.25) is 0 Å². The molecule has 0 aliphatic rings. The minimum atomic E-state index is 0. The van der Waals surface area contributed by atoms with Crippen molar-refractivity contribution in [2.45, 2.75) is 7.43 Å². The van der Waals surface area contributed by atoms with Crippen LogP contribution < -0.4 is 0 Å². The molecule has 0 heterocycles. The van der Waals surface area contributed by atoms with E-state index in [0.29, 0.717) is 0 Å². The van der Waals surface area contributed by atoms with Crippen LogP contribution in [0.5, 0.6) is 0 Å². The van der Waals surface area contributed by atoms with E-state index in [1.165, 1.54) is 0 Å². The van der Waals surface area contributed by atoms with Gasteiger partial charge in [-0.15, -0.1) is 0 Å². The van der Waals surface area contributed by atoms with Gasteiger partial charge in [0, 0.05) is 20.1 Å². The van der Waals surface area contributed by atoms with Crippen molar-refractivity contribution < 1.29 is 20.1 Å². The van der Waals surface area contributed by atoms with Gasteiger partial charge >= 0.3 is 0 Å². The molecule has 0 rings (SSSR count). The normalized spacial score (nSPS) is 0. The van der Waals surface area contributed by atoms with Crippen LogP contribution in [0.3, 0.4) is 0 Å². The van der Waals surface area contributed by atoms with E-state index >= 15 is 0 Å². The second-order valence-corrected chi connectivity index (χ2v) is 0. The molecule has 1 radical (unpaired) electrons. The van der Waals surface area contributed by atoms with Crippen LogP contribution in [0.15, 0.2) is 0 Å². The minimum Gasteiger partial charge on any atom is -0.358 e. The maximum atomic E-state index is 0. The zero-order valence-corrected chi connectivity index (χ0v) is 7.73. The Hall–Kier alpha value is 0.649. The quantitative estimate of drug-likeness (QED) is 0.600. The van der Waals surface area contributed by atoms with Crippen molar-refractivity contribution >= 4 is 0 Å². The van der Waals surface area contributed by atoms with Gasteiger partial charge in [-0.1, -0.05) is 7.43 Å². The van der Waals surface area contributed by atoms with Crippen molar-refractivity contribution in [3.05, 3.63) is 37.1 Å². The third-order valence-corrected chi connectivity index (χ3v) is 0. The van der Waals surface area contributed by atoms with E-state index in [2.05, 4.69) is 0 Å². The van der Waals surface area contributed by atoms with Crippen LogP contribution in [-0.4, -0.2) is 0 Å². The van der Waals surface area contributed by atoms with Crippen molar-refractivity contribution in [2.75, 3.05) is 0 Å². The number of hydrogen-bond donors (Lipinski definition) is 0. The standard InChI is InChI=1S/CH4.5CH3.Ir/h1H4;5*1H3;/q;5*-1;. The molecule has 0 bridgehead atoms. The van der Waals surface area contributed by atoms with Gasteiger partial charge in [-0.3, -0.25) is 0 Å². The van der Waals surface area contributed by atoms with Crippen molar-refractivity contribution in [1.82, 2.24) is 0 Å². The fourth-order valence-corrected chi connectivity index (χ4v) is 0. The Kier molecular flexibility index (Phi) is 57700. The Balaban J connectivity index is 0. The molecule has 7 heavy (non-hydrogen) atoms. The summed E-state index contributed by atoms with van der Waals surface area (Å²) in [5.74, 6) is 0. The van der Waals surface area contributed by atoms with E-state index in [1.54, 1.807) is 0 Å². The molecule has 0 aromatic carbocycles. The van der Waals surface area contributed by atoms with Gasteiger partial charge in [-0.25, -0.2) is 0 Å². The van der Waals surface area contributed by atoms with Gasteiger partial charge < -0.3 is 37.1 Å². The van der Waals surface area contributed by atoms with E-state index < -0.39 is 0 Å². The van der Waals surface area contributed by atoms with Gasteiger partial charge in [0.05, 0.1) is 0 Å². The summed E-state index contributed by atoms with van der Waals surface area (Å²) in [6.45, 7) is 0. The van der Waals surface area contributed by atoms with E-state index in [-0.39, 0.29) is 64.7 Å². The molecule has 0 amide bonds. The van der Waals surface area contributed by atoms with E-state index in [4.69, 9.17) is 0 Å². The fraction of sp³-hybridized carbons (Fsp3) is 0.167. The minimum absolute atomic E-state index is 0. The predicted molar refractivity (Wildman–Crippen MR) is 38.8 cm³/mol. The first-order chi connectivity index (χ1) is 0. The first-order valence-corrected chi connectivity index (χ1v) is 0. The maximum absolute atomic E-state index is 0. The molecule has 0 saturated carbocycles. The molecule has 0 atom stereocenters. The molecular weight excluding hydrogens is 264 g/mol. The summed E-state index contributed by atoms with van der Waals surface area (Å²) in [6.07, 6.45) is 0. The average molecular weight is 283 g/mol. The molecule has 0 fully saturated rings. The van der Waals surface area contributed by atoms with Gasteiger partial charge in [0.15, 0.2) is 0 Å². The van der Waals surface area contributed by atoms with E-state index in [9.17, 15) is 0 Å². The van der Waals surface area contributed by atoms with Crippen molar-refractivity contribution in [2.24, 2.45) is 0 Å². The molecule has 0 aliphatic heterocycles. The van der Waals surface area contributed by atoms with Gasteiger partial charge in [0.2, 0.25) is 0 Å². The first-order valence-electron chi connectivity index (χ1n) is 0. The van der Waals surface area contributed by atoms with Gasteiger partial charge in [-0.2, -0.15) is 0 Å². The van der Waals surface area contributed by atoms with Gasteiger partial charge in [0.25, 0.3) is 0 Å². The monoisotopic (exact) mass is 284 g/mol. The first kappa shape index (κ1) is 802. The smallest absolute Gasteiger partial charge is 0 e. The summed E-state index contributed by atoms with van der Waals surface area (Å²) < 4.78 is 0. The predicted octanol–water partition coefficient (Wildman–Crippen LogP) is 2.89. The second kappa shape index (κ2) is 503. The summed E-state index contributed by atoms with van der Waals surface area (Å²) in [5.41, 5.74) is 0. The second-order valence-electron chi connectivity index (χ2n) is 0. The molecule has 0 saturated heterocycles. The van der Waals surface area contributed by atoms with Crippen LogP contribution in [-0.2, 0) is 20.1 Å². The third kappa shape index (κ3) is 341. The average Bonchev–Trinajstić information content (AvgIpc) is 0. The molecule has 57 valence electrons. The molecule has 0 N–H and O–H groups in total. The molecule has 0 aromatic heterocycles. The number of hydrogen-bond acceptors (Lipinski definition) is 0. The van der Waals surface area contributed by atoms with Crippen LogP contribution in [0.4, 0.5) is 0 Å². The summed E-state index contributed by atoms with van der Waals surface area (Å²) >= 11 is 0. The van der Waals surface area contributed by atoms with Crippen LogP contribution in [0.25, 0.3) is 0 Å². The summed E-state index contributed by atoms with van der Waals surface area (Å²) in [4.78, 5) is 0. The summed E-state index contributed by atoms with van der Waals surface area (Å²) in [6, 6.07) is 0. The summed E-state index contributed by atoms with van der Waals surface area (Å²) in [7, 11) is 0. The SMILES string of the molecule is C.[CH3-].[CH3-].[CH3-].[CH3-].[CH3-].[Ir]. The maximum Gasteiger partial charge on any atom is 0 e. The molecule has 0 spiro atoms. The molecule has 0 aromatic rings. The Bertz CT molecular complexity index is 4.14. The van der Waals surface area contributed by atoms with E-state index in [0.717, 1.165) is 0 Å². The van der Waals surface area contributed by atoms with Crippen LogP contribution in [0, 0.1) is 37.1 Å². The van der Waals surface area contributed by atoms with E-state index in [1.807, 2.05) is 0 Å². The zero-order valence-electron chi connectivity index (χ0n) is 5.33. The van der Waals surface area contributed by atoms with Gasteiger partial charge in [0.1, 0.15) is 0 Å². The third-order valence-electron chi connectivity index (χ3n) is 0. The molecule has 0 nitrogen and oxygen atoms in total. The Labute approximate surface area is 65.1 Å². The molecular formula is C6H19Ir-5. The molecule has 1 heteroatoms. The van der Waals surface area contributed by atoms with Crippen molar-refractivity contribution in [3.8, 4) is 0 Å². The fourth-order valence-electron chi connectivity index (χ4n) is 0. The van der Waals surface area contributed by atoms with Crippen molar-refractivity contribution in [3.63, 3.8) is 0 Å². The summed E-state index contributed by atoms with van der Waals surface area (Å²) in [5, 5.41) is 0. The topological polar surface area (TPSA) is 0 Å².